The van der Waals surface area contributed by atoms with Crippen LogP contribution in [0.2, 0.25) is 0 Å². The Kier molecular flexibility index (Phi) is 8.08. The molecule has 0 aromatic heterocycles. The SMILES string of the molecule is C[C@](F)(C(=O)NCCC(F)(F)C(F)(F)F)C(=O)N[C@H]1c2ccccc2-c2ccccc2N(CCO)C1O. The number of aliphatic hydroxyl groups is 2. The molecule has 37 heavy (non-hydrogen) atoms. The quantitative estimate of drug-likeness (QED) is 0.309. The number of aliphatic hydroxyl groups excluding tert-OH is 2. The van der Waals surface area contributed by atoms with Crippen molar-refractivity contribution in [3.05, 3.63) is 54.1 Å². The van der Waals surface area contributed by atoms with Crippen molar-refractivity contribution in [1.82, 2.24) is 10.6 Å². The van der Waals surface area contributed by atoms with Crippen molar-refractivity contribution in [2.75, 3.05) is 24.6 Å². The number of nitrogens with one attached hydrogen (secondary N) is 2. The van der Waals surface area contributed by atoms with Crippen molar-refractivity contribution in [1.29, 1.82) is 0 Å². The lowest BCUT2D eigenvalue weighted by Gasteiger charge is -2.34. The van der Waals surface area contributed by atoms with Gasteiger partial charge in [0.05, 0.1) is 12.6 Å². The molecule has 1 unspecified atom stereocenters. The van der Waals surface area contributed by atoms with Gasteiger partial charge in [0.1, 0.15) is 0 Å². The number of amides is 2. The summed E-state index contributed by atoms with van der Waals surface area (Å²) >= 11 is 0. The molecule has 13 heteroatoms. The molecule has 202 valence electrons. The standard InChI is InChI=1S/C24H25F6N3O4/c1-22(25,20(36)31-11-10-23(26,27)24(28,29)30)21(37)32-18-16-8-3-2-6-14(16)15-7-4-5-9-17(15)33(12-13-34)19(18)35/h2-9,18-19,34-35H,10-13H2,1H3,(H,31,36)(H,32,37)/t18-,19?,22-/m0/s1. The van der Waals surface area contributed by atoms with Gasteiger partial charge in [0.15, 0.2) is 6.23 Å². The van der Waals surface area contributed by atoms with Gasteiger partial charge >= 0.3 is 12.1 Å². The summed E-state index contributed by atoms with van der Waals surface area (Å²) in [6, 6.07) is 12.1. The highest BCUT2D eigenvalue weighted by atomic mass is 19.4. The fourth-order valence-electron chi connectivity index (χ4n) is 3.98. The highest BCUT2D eigenvalue weighted by Crippen LogP contribution is 2.42. The van der Waals surface area contributed by atoms with Gasteiger partial charge in [0.2, 0.25) is 0 Å². The smallest absolute Gasteiger partial charge is 0.395 e. The first-order valence-corrected chi connectivity index (χ1v) is 11.2. The molecule has 2 aromatic rings. The number of fused-ring (bicyclic) bond motifs is 3. The number of carbonyl (C=O) groups excluding carboxylic acids is 2. The molecular weight excluding hydrogens is 508 g/mol. The van der Waals surface area contributed by atoms with Crippen LogP contribution in [0.25, 0.3) is 11.1 Å². The van der Waals surface area contributed by atoms with Crippen LogP contribution in [0.15, 0.2) is 48.5 Å². The van der Waals surface area contributed by atoms with Gasteiger partial charge in [-0.25, -0.2) is 4.39 Å². The van der Waals surface area contributed by atoms with E-state index in [1.54, 1.807) is 53.8 Å². The Bertz CT molecular complexity index is 1140. The molecule has 0 saturated heterocycles. The van der Waals surface area contributed by atoms with Crippen LogP contribution < -0.4 is 15.5 Å². The van der Waals surface area contributed by atoms with Crippen molar-refractivity contribution >= 4 is 17.5 Å². The number of alkyl halides is 6. The molecular formula is C24H25F6N3O4. The Morgan fingerprint density at radius 1 is 0.946 bits per heavy atom. The lowest BCUT2D eigenvalue weighted by atomic mass is 9.94. The number of para-hydroxylation sites is 1. The first-order valence-electron chi connectivity index (χ1n) is 11.2. The maximum absolute atomic E-state index is 15.2. The maximum Gasteiger partial charge on any atom is 0.453 e. The van der Waals surface area contributed by atoms with Crippen LogP contribution in [-0.4, -0.2) is 65.7 Å². The summed E-state index contributed by atoms with van der Waals surface area (Å²) in [5.41, 5.74) is -1.30. The van der Waals surface area contributed by atoms with Gasteiger partial charge in [-0.05, 0) is 24.1 Å². The fraction of sp³-hybridized carbons (Fsp3) is 0.417. The predicted molar refractivity (Wildman–Crippen MR) is 121 cm³/mol. The molecule has 0 saturated carbocycles. The molecule has 1 aliphatic heterocycles. The van der Waals surface area contributed by atoms with Crippen LogP contribution in [0.5, 0.6) is 0 Å². The topological polar surface area (TPSA) is 102 Å². The first-order chi connectivity index (χ1) is 17.2. The van der Waals surface area contributed by atoms with Gasteiger partial charge < -0.3 is 25.7 Å². The molecule has 0 aliphatic carbocycles. The number of carbonyl (C=O) groups is 2. The average Bonchev–Trinajstić information content (AvgIpc) is 2.93. The largest absolute Gasteiger partial charge is 0.453 e. The van der Waals surface area contributed by atoms with Crippen LogP contribution in [-0.2, 0) is 9.59 Å². The van der Waals surface area contributed by atoms with E-state index < -0.39 is 54.8 Å². The summed E-state index contributed by atoms with van der Waals surface area (Å²) in [5, 5.41) is 24.6. The Balaban J connectivity index is 1.85. The zero-order valence-electron chi connectivity index (χ0n) is 19.5. The average molecular weight is 533 g/mol. The molecule has 0 spiro atoms. The fourth-order valence-corrected chi connectivity index (χ4v) is 3.98. The van der Waals surface area contributed by atoms with Gasteiger partial charge in [-0.1, -0.05) is 42.5 Å². The Labute approximate surface area is 208 Å². The predicted octanol–water partition coefficient (Wildman–Crippen LogP) is 3.07. The number of β-amino-alcohol motifs (C(OH)–C–C–N with tert-alkyl or cyclic N) is 1. The molecule has 1 heterocycles. The third kappa shape index (κ3) is 5.67. The van der Waals surface area contributed by atoms with Gasteiger partial charge in [0, 0.05) is 30.8 Å². The first kappa shape index (κ1) is 28.3. The van der Waals surface area contributed by atoms with Crippen LogP contribution in [0, 0.1) is 0 Å². The molecule has 0 fully saturated rings. The van der Waals surface area contributed by atoms with Gasteiger partial charge in [-0.2, -0.15) is 22.0 Å². The van der Waals surface area contributed by atoms with E-state index in [0.717, 1.165) is 0 Å². The number of nitrogens with zero attached hydrogens (tertiary/aromatic N) is 1. The molecule has 4 N–H and O–H groups in total. The summed E-state index contributed by atoms with van der Waals surface area (Å²) in [6.45, 7) is -1.17. The van der Waals surface area contributed by atoms with E-state index in [2.05, 4.69) is 5.32 Å². The Hall–Kier alpha value is -3.32. The van der Waals surface area contributed by atoms with Crippen molar-refractivity contribution in [2.24, 2.45) is 0 Å². The third-order valence-electron chi connectivity index (χ3n) is 6.04. The van der Waals surface area contributed by atoms with E-state index in [4.69, 9.17) is 0 Å². The molecule has 3 rings (SSSR count). The zero-order valence-corrected chi connectivity index (χ0v) is 19.5. The Morgan fingerprint density at radius 2 is 1.54 bits per heavy atom. The van der Waals surface area contributed by atoms with E-state index in [1.165, 1.54) is 4.90 Å². The summed E-state index contributed by atoms with van der Waals surface area (Å²) in [4.78, 5) is 26.5. The van der Waals surface area contributed by atoms with E-state index in [-0.39, 0.29) is 13.2 Å². The maximum atomic E-state index is 15.2. The van der Waals surface area contributed by atoms with Crippen molar-refractivity contribution in [2.45, 2.75) is 43.4 Å². The summed E-state index contributed by atoms with van der Waals surface area (Å²) in [5.74, 6) is -8.40. The van der Waals surface area contributed by atoms with Crippen molar-refractivity contribution in [3.8, 4) is 11.1 Å². The van der Waals surface area contributed by atoms with Crippen LogP contribution in [0.1, 0.15) is 24.9 Å². The molecule has 2 aromatic carbocycles. The minimum absolute atomic E-state index is 0.0701. The summed E-state index contributed by atoms with van der Waals surface area (Å²) in [6.07, 6.45) is -9.23. The number of halogens is 6. The van der Waals surface area contributed by atoms with E-state index in [1.807, 2.05) is 0 Å². The number of hydrogen-bond donors (Lipinski definition) is 4. The molecule has 7 nitrogen and oxygen atoms in total. The number of anilines is 1. The normalized spacial score (nSPS) is 19.2. The molecule has 1 aliphatic rings. The van der Waals surface area contributed by atoms with E-state index >= 15 is 4.39 Å². The van der Waals surface area contributed by atoms with Crippen LogP contribution in [0.4, 0.5) is 32.0 Å². The molecule has 0 radical (unpaired) electrons. The second-order valence-corrected chi connectivity index (χ2v) is 8.60. The van der Waals surface area contributed by atoms with Gasteiger partial charge in [-0.3, -0.25) is 9.59 Å². The number of benzene rings is 2. The molecule has 2 amide bonds. The lowest BCUT2D eigenvalue weighted by molar-refractivity contribution is -0.283. The van der Waals surface area contributed by atoms with Gasteiger partial charge in [-0.15, -0.1) is 0 Å². The third-order valence-corrected chi connectivity index (χ3v) is 6.04. The second kappa shape index (κ2) is 10.6. The lowest BCUT2D eigenvalue weighted by Crippen LogP contribution is -2.56. The second-order valence-electron chi connectivity index (χ2n) is 8.60. The monoisotopic (exact) mass is 533 g/mol. The minimum atomic E-state index is -5.85. The summed E-state index contributed by atoms with van der Waals surface area (Å²) < 4.78 is 78.3. The van der Waals surface area contributed by atoms with Crippen LogP contribution in [0.3, 0.4) is 0 Å². The number of hydrogen-bond acceptors (Lipinski definition) is 5. The molecule has 3 atom stereocenters. The van der Waals surface area contributed by atoms with E-state index in [0.29, 0.717) is 29.3 Å². The number of rotatable bonds is 8. The van der Waals surface area contributed by atoms with Crippen LogP contribution >= 0.6 is 0 Å². The minimum Gasteiger partial charge on any atom is -0.395 e. The van der Waals surface area contributed by atoms with Crippen molar-refractivity contribution in [3.63, 3.8) is 0 Å². The highest BCUT2D eigenvalue weighted by Gasteiger charge is 2.57. The van der Waals surface area contributed by atoms with Crippen molar-refractivity contribution < 1.29 is 46.1 Å². The van der Waals surface area contributed by atoms with E-state index in [9.17, 15) is 41.8 Å². The Morgan fingerprint density at radius 3 is 2.16 bits per heavy atom. The zero-order chi connectivity index (χ0) is 27.6. The van der Waals surface area contributed by atoms with Gasteiger partial charge in [0.25, 0.3) is 17.5 Å². The highest BCUT2D eigenvalue weighted by molar-refractivity contribution is 6.08. The summed E-state index contributed by atoms with van der Waals surface area (Å²) in [7, 11) is 0. The molecule has 0 bridgehead atoms.